The Balaban J connectivity index is 2.70. The van der Waals surface area contributed by atoms with Gasteiger partial charge in [0.15, 0.2) is 0 Å². The van der Waals surface area contributed by atoms with Crippen LogP contribution in [0.3, 0.4) is 0 Å². The summed E-state index contributed by atoms with van der Waals surface area (Å²) in [6.45, 7) is 7.23. The fourth-order valence-corrected chi connectivity index (χ4v) is 1.62. The molecule has 4 nitrogen and oxygen atoms in total. The van der Waals surface area contributed by atoms with E-state index in [0.717, 1.165) is 6.42 Å². The molecule has 1 heterocycles. The SMILES string of the molecule is CC1CN(C(=O)C(C)(C)C#N)CCCO1. The van der Waals surface area contributed by atoms with Crippen molar-refractivity contribution in [3.05, 3.63) is 0 Å². The Bertz CT molecular complexity index is 281. The summed E-state index contributed by atoms with van der Waals surface area (Å²) in [5.41, 5.74) is -0.927. The summed E-state index contributed by atoms with van der Waals surface area (Å²) in [6.07, 6.45) is 0.906. The summed E-state index contributed by atoms with van der Waals surface area (Å²) in [4.78, 5) is 13.7. The van der Waals surface area contributed by atoms with Gasteiger partial charge in [0.2, 0.25) is 5.91 Å². The van der Waals surface area contributed by atoms with Crippen LogP contribution < -0.4 is 0 Å². The van der Waals surface area contributed by atoms with Gasteiger partial charge in [0.05, 0.1) is 12.2 Å². The minimum atomic E-state index is -0.927. The number of hydrogen-bond donors (Lipinski definition) is 0. The molecule has 0 aliphatic carbocycles. The van der Waals surface area contributed by atoms with Crippen LogP contribution in [0.25, 0.3) is 0 Å². The van der Waals surface area contributed by atoms with Crippen LogP contribution in [0.5, 0.6) is 0 Å². The Morgan fingerprint density at radius 2 is 2.27 bits per heavy atom. The Hall–Kier alpha value is -1.08. The number of nitrogens with zero attached hydrogens (tertiary/aromatic N) is 2. The first kappa shape index (κ1) is 12.0. The number of hydrogen-bond acceptors (Lipinski definition) is 3. The second-order valence-electron chi connectivity index (χ2n) is 4.52. The molecule has 0 aromatic rings. The maximum absolute atomic E-state index is 12.0. The summed E-state index contributed by atoms with van der Waals surface area (Å²) >= 11 is 0. The van der Waals surface area contributed by atoms with Gasteiger partial charge in [0, 0.05) is 19.7 Å². The molecule has 1 rings (SSSR count). The zero-order valence-corrected chi connectivity index (χ0v) is 9.62. The van der Waals surface area contributed by atoms with Gasteiger partial charge in [-0.1, -0.05) is 0 Å². The molecule has 1 aliphatic heterocycles. The molecule has 1 fully saturated rings. The van der Waals surface area contributed by atoms with Crippen LogP contribution in [-0.4, -0.2) is 36.6 Å². The molecule has 1 atom stereocenters. The third kappa shape index (κ3) is 2.93. The number of carbonyl (C=O) groups is 1. The average Bonchev–Trinajstić information content (AvgIpc) is 2.41. The number of nitriles is 1. The molecule has 0 aromatic heterocycles. The van der Waals surface area contributed by atoms with Crippen LogP contribution in [-0.2, 0) is 9.53 Å². The minimum Gasteiger partial charge on any atom is -0.377 e. The van der Waals surface area contributed by atoms with Crippen LogP contribution >= 0.6 is 0 Å². The highest BCUT2D eigenvalue weighted by Gasteiger charge is 2.33. The summed E-state index contributed by atoms with van der Waals surface area (Å²) in [7, 11) is 0. The van der Waals surface area contributed by atoms with Crippen molar-refractivity contribution in [1.82, 2.24) is 4.90 Å². The Labute approximate surface area is 90.8 Å². The smallest absolute Gasteiger partial charge is 0.242 e. The van der Waals surface area contributed by atoms with Crippen LogP contribution in [0.4, 0.5) is 0 Å². The van der Waals surface area contributed by atoms with Gasteiger partial charge in [-0.05, 0) is 27.2 Å². The molecule has 0 radical (unpaired) electrons. The van der Waals surface area contributed by atoms with E-state index in [1.807, 2.05) is 13.0 Å². The van der Waals surface area contributed by atoms with Gasteiger partial charge >= 0.3 is 0 Å². The molecular weight excluding hydrogens is 192 g/mol. The normalized spacial score (nSPS) is 23.1. The van der Waals surface area contributed by atoms with Crippen molar-refractivity contribution in [2.45, 2.75) is 33.3 Å². The minimum absolute atomic E-state index is 0.0611. The summed E-state index contributed by atoms with van der Waals surface area (Å²) in [5, 5.41) is 8.90. The largest absolute Gasteiger partial charge is 0.377 e. The van der Waals surface area contributed by atoms with Crippen molar-refractivity contribution >= 4 is 5.91 Å². The topological polar surface area (TPSA) is 53.3 Å². The van der Waals surface area contributed by atoms with Crippen molar-refractivity contribution in [2.24, 2.45) is 5.41 Å². The van der Waals surface area contributed by atoms with Gasteiger partial charge < -0.3 is 9.64 Å². The molecule has 1 amide bonds. The molecule has 15 heavy (non-hydrogen) atoms. The van der Waals surface area contributed by atoms with Crippen LogP contribution in [0.1, 0.15) is 27.2 Å². The molecule has 4 heteroatoms. The highest BCUT2D eigenvalue weighted by Crippen LogP contribution is 2.19. The lowest BCUT2D eigenvalue weighted by Crippen LogP contribution is -2.43. The van der Waals surface area contributed by atoms with Crippen molar-refractivity contribution < 1.29 is 9.53 Å². The zero-order valence-electron chi connectivity index (χ0n) is 9.62. The van der Waals surface area contributed by atoms with Crippen LogP contribution in [0.15, 0.2) is 0 Å². The van der Waals surface area contributed by atoms with Crippen molar-refractivity contribution in [2.75, 3.05) is 19.7 Å². The summed E-state index contributed by atoms with van der Waals surface area (Å²) in [5.74, 6) is -0.0950. The van der Waals surface area contributed by atoms with Crippen LogP contribution in [0, 0.1) is 16.7 Å². The first-order valence-electron chi connectivity index (χ1n) is 5.29. The number of carbonyl (C=O) groups excluding carboxylic acids is 1. The van der Waals surface area contributed by atoms with E-state index < -0.39 is 5.41 Å². The monoisotopic (exact) mass is 210 g/mol. The number of ether oxygens (including phenoxy) is 1. The second kappa shape index (κ2) is 4.63. The fourth-order valence-electron chi connectivity index (χ4n) is 1.62. The number of amides is 1. The first-order valence-corrected chi connectivity index (χ1v) is 5.29. The molecule has 0 spiro atoms. The number of rotatable bonds is 1. The van der Waals surface area contributed by atoms with Gasteiger partial charge in [-0.3, -0.25) is 4.79 Å². The third-order valence-electron chi connectivity index (χ3n) is 2.55. The van der Waals surface area contributed by atoms with E-state index in [9.17, 15) is 4.79 Å². The Morgan fingerprint density at radius 3 is 2.87 bits per heavy atom. The Morgan fingerprint density at radius 1 is 1.60 bits per heavy atom. The van der Waals surface area contributed by atoms with E-state index >= 15 is 0 Å². The Kier molecular flexibility index (Phi) is 3.70. The van der Waals surface area contributed by atoms with E-state index in [1.165, 1.54) is 0 Å². The molecule has 0 bridgehead atoms. The standard InChI is InChI=1S/C11H18N2O2/c1-9-7-13(5-4-6-15-9)10(14)11(2,3)8-12/h9H,4-7H2,1-3H3. The fraction of sp³-hybridized carbons (Fsp3) is 0.818. The predicted molar refractivity (Wildman–Crippen MR) is 56.0 cm³/mol. The quantitative estimate of drug-likeness (QED) is 0.653. The highest BCUT2D eigenvalue weighted by atomic mass is 16.5. The van der Waals surface area contributed by atoms with Gasteiger partial charge in [-0.2, -0.15) is 5.26 Å². The predicted octanol–water partition coefficient (Wildman–Crippen LogP) is 1.17. The molecule has 0 aromatic carbocycles. The average molecular weight is 210 g/mol. The summed E-state index contributed by atoms with van der Waals surface area (Å²) < 4.78 is 5.45. The lowest BCUT2D eigenvalue weighted by molar-refractivity contribution is -0.138. The van der Waals surface area contributed by atoms with E-state index in [-0.39, 0.29) is 12.0 Å². The molecular formula is C11H18N2O2. The van der Waals surface area contributed by atoms with Gasteiger partial charge in [-0.15, -0.1) is 0 Å². The molecule has 1 unspecified atom stereocenters. The molecule has 1 aliphatic rings. The van der Waals surface area contributed by atoms with Gasteiger partial charge in [0.1, 0.15) is 5.41 Å². The first-order chi connectivity index (χ1) is 6.97. The van der Waals surface area contributed by atoms with Crippen molar-refractivity contribution in [3.8, 4) is 6.07 Å². The lowest BCUT2D eigenvalue weighted by Gasteiger charge is -2.27. The molecule has 0 saturated carbocycles. The molecule has 0 N–H and O–H groups in total. The maximum Gasteiger partial charge on any atom is 0.242 e. The third-order valence-corrected chi connectivity index (χ3v) is 2.55. The lowest BCUT2D eigenvalue weighted by atomic mass is 9.93. The molecule has 84 valence electrons. The van der Waals surface area contributed by atoms with E-state index in [2.05, 4.69) is 0 Å². The maximum atomic E-state index is 12.0. The van der Waals surface area contributed by atoms with E-state index in [4.69, 9.17) is 10.00 Å². The summed E-state index contributed by atoms with van der Waals surface area (Å²) in [6, 6.07) is 2.04. The van der Waals surface area contributed by atoms with E-state index in [1.54, 1.807) is 18.7 Å². The molecule has 1 saturated heterocycles. The van der Waals surface area contributed by atoms with Crippen LogP contribution in [0.2, 0.25) is 0 Å². The van der Waals surface area contributed by atoms with Crippen molar-refractivity contribution in [1.29, 1.82) is 5.26 Å². The zero-order chi connectivity index (χ0) is 11.5. The van der Waals surface area contributed by atoms with Crippen molar-refractivity contribution in [3.63, 3.8) is 0 Å². The van der Waals surface area contributed by atoms with Gasteiger partial charge in [-0.25, -0.2) is 0 Å². The second-order valence-corrected chi connectivity index (χ2v) is 4.52. The van der Waals surface area contributed by atoms with E-state index in [0.29, 0.717) is 19.7 Å². The highest BCUT2D eigenvalue weighted by molar-refractivity contribution is 5.84. The van der Waals surface area contributed by atoms with Gasteiger partial charge in [0.25, 0.3) is 0 Å².